The first-order chi connectivity index (χ1) is 9.47. The Labute approximate surface area is 139 Å². The van der Waals surface area contributed by atoms with Gasteiger partial charge in [-0.1, -0.05) is 0 Å². The number of amides is 1. The highest BCUT2D eigenvalue weighted by Crippen LogP contribution is 2.28. The van der Waals surface area contributed by atoms with Crippen molar-refractivity contribution < 1.29 is 18.0 Å². The van der Waals surface area contributed by atoms with Crippen LogP contribution in [0, 0.1) is 5.92 Å². The van der Waals surface area contributed by atoms with E-state index in [9.17, 15) is 18.0 Å². The molecule has 4 nitrogen and oxygen atoms in total. The van der Waals surface area contributed by atoms with Crippen LogP contribution in [0.5, 0.6) is 0 Å². The summed E-state index contributed by atoms with van der Waals surface area (Å²) < 4.78 is 37.0. The zero-order valence-corrected chi connectivity index (χ0v) is 13.3. The van der Waals surface area contributed by atoms with Crippen LogP contribution in [0.3, 0.4) is 0 Å². The van der Waals surface area contributed by atoms with Gasteiger partial charge in [0.1, 0.15) is 5.69 Å². The van der Waals surface area contributed by atoms with E-state index < -0.39 is 17.6 Å². The molecule has 1 aliphatic heterocycles. The van der Waals surface area contributed by atoms with E-state index in [4.69, 9.17) is 0 Å². The molecule has 1 aromatic rings. The van der Waals surface area contributed by atoms with Crippen molar-refractivity contribution in [3.8, 4) is 0 Å². The Morgan fingerprint density at radius 2 is 2.09 bits per heavy atom. The molecule has 1 unspecified atom stereocenters. The predicted octanol–water partition coefficient (Wildman–Crippen LogP) is 2.67. The number of hydrogen-bond acceptors (Lipinski definition) is 3. The van der Waals surface area contributed by atoms with Gasteiger partial charge >= 0.3 is 6.18 Å². The van der Waals surface area contributed by atoms with Crippen LogP contribution in [0.4, 0.5) is 13.2 Å². The molecule has 1 amide bonds. The Kier molecular flexibility index (Phi) is 8.73. The number of nitrogens with zero attached hydrogens (tertiary/aromatic N) is 1. The molecule has 1 aliphatic rings. The normalized spacial score (nSPS) is 17.3. The minimum atomic E-state index is -4.43. The van der Waals surface area contributed by atoms with Crippen LogP contribution >= 0.6 is 24.8 Å². The average molecular weight is 360 g/mol. The number of aromatic nitrogens is 1. The van der Waals surface area contributed by atoms with Gasteiger partial charge in [-0.25, -0.2) is 0 Å². The van der Waals surface area contributed by atoms with Gasteiger partial charge in [0.25, 0.3) is 5.91 Å². The predicted molar refractivity (Wildman–Crippen MR) is 81.7 cm³/mol. The second-order valence-electron chi connectivity index (χ2n) is 4.83. The Bertz CT molecular complexity index is 463. The molecule has 0 bridgehead atoms. The lowest BCUT2D eigenvalue weighted by molar-refractivity contribution is -0.137. The highest BCUT2D eigenvalue weighted by Gasteiger charge is 2.30. The fourth-order valence-electron chi connectivity index (χ4n) is 2.14. The van der Waals surface area contributed by atoms with Crippen molar-refractivity contribution in [3.05, 3.63) is 29.6 Å². The zero-order valence-electron chi connectivity index (χ0n) is 11.7. The highest BCUT2D eigenvalue weighted by molar-refractivity contribution is 5.92. The van der Waals surface area contributed by atoms with Crippen LogP contribution in [-0.2, 0) is 6.18 Å². The first-order valence-electron chi connectivity index (χ1n) is 6.49. The Morgan fingerprint density at radius 3 is 2.59 bits per heavy atom. The lowest BCUT2D eigenvalue weighted by atomic mass is 10.1. The molecule has 0 aromatic carbocycles. The molecule has 9 heteroatoms. The maximum atomic E-state index is 12.3. The van der Waals surface area contributed by atoms with E-state index in [2.05, 4.69) is 15.6 Å². The Hall–Kier alpha value is -1.05. The van der Waals surface area contributed by atoms with Crippen molar-refractivity contribution >= 4 is 30.7 Å². The van der Waals surface area contributed by atoms with Crippen molar-refractivity contribution in [1.29, 1.82) is 0 Å². The van der Waals surface area contributed by atoms with Gasteiger partial charge in [-0.05, 0) is 44.0 Å². The van der Waals surface area contributed by atoms with Crippen molar-refractivity contribution in [2.75, 3.05) is 19.6 Å². The topological polar surface area (TPSA) is 54.0 Å². The summed E-state index contributed by atoms with van der Waals surface area (Å²) in [6, 6.07) is 1.96. The number of alkyl halides is 3. The highest BCUT2D eigenvalue weighted by atomic mass is 35.5. The maximum absolute atomic E-state index is 12.3. The zero-order chi connectivity index (χ0) is 14.6. The fraction of sp³-hybridized carbons (Fsp3) is 0.538. The third-order valence-corrected chi connectivity index (χ3v) is 3.32. The quantitative estimate of drug-likeness (QED) is 0.868. The number of halogens is 5. The van der Waals surface area contributed by atoms with Crippen molar-refractivity contribution in [1.82, 2.24) is 15.6 Å². The third-order valence-electron chi connectivity index (χ3n) is 3.32. The summed E-state index contributed by atoms with van der Waals surface area (Å²) in [5.74, 6) is 0.112. The summed E-state index contributed by atoms with van der Waals surface area (Å²) in [6.45, 7) is 2.46. The number of pyridine rings is 1. The van der Waals surface area contributed by atoms with E-state index >= 15 is 0 Å². The molecule has 0 radical (unpaired) electrons. The monoisotopic (exact) mass is 359 g/mol. The van der Waals surface area contributed by atoms with Crippen LogP contribution in [0.15, 0.2) is 18.3 Å². The first kappa shape index (κ1) is 20.9. The molecule has 2 rings (SSSR count). The summed E-state index contributed by atoms with van der Waals surface area (Å²) >= 11 is 0. The fourth-order valence-corrected chi connectivity index (χ4v) is 2.14. The largest absolute Gasteiger partial charge is 0.417 e. The lowest BCUT2D eigenvalue weighted by Crippen LogP contribution is -2.27. The van der Waals surface area contributed by atoms with E-state index in [0.717, 1.165) is 38.1 Å². The summed E-state index contributed by atoms with van der Waals surface area (Å²) in [7, 11) is 0. The second kappa shape index (κ2) is 9.17. The van der Waals surface area contributed by atoms with E-state index in [1.807, 2.05) is 0 Å². The van der Waals surface area contributed by atoms with Crippen molar-refractivity contribution in [2.45, 2.75) is 19.0 Å². The van der Waals surface area contributed by atoms with Crippen LogP contribution in [0.25, 0.3) is 0 Å². The molecule has 2 N–H and O–H groups in total. The van der Waals surface area contributed by atoms with Crippen molar-refractivity contribution in [3.63, 3.8) is 0 Å². The molecule has 0 saturated carbocycles. The maximum Gasteiger partial charge on any atom is 0.417 e. The van der Waals surface area contributed by atoms with E-state index in [1.165, 1.54) is 0 Å². The summed E-state index contributed by atoms with van der Waals surface area (Å²) in [6.07, 6.45) is -1.80. The molecule has 2 heterocycles. The van der Waals surface area contributed by atoms with Gasteiger partial charge in [-0.3, -0.25) is 9.78 Å². The average Bonchev–Trinajstić information content (AvgIpc) is 2.91. The lowest BCUT2D eigenvalue weighted by Gasteiger charge is -2.10. The number of carbonyl (C=O) groups is 1. The molecule has 0 spiro atoms. The number of hydrogen-bond donors (Lipinski definition) is 2. The van der Waals surface area contributed by atoms with Gasteiger partial charge in [0.05, 0.1) is 5.56 Å². The number of nitrogens with one attached hydrogen (secondary N) is 2. The van der Waals surface area contributed by atoms with Gasteiger partial charge in [0.15, 0.2) is 0 Å². The molecule has 1 fully saturated rings. The van der Waals surface area contributed by atoms with Gasteiger partial charge in [0.2, 0.25) is 0 Å². The minimum absolute atomic E-state index is 0. The van der Waals surface area contributed by atoms with Gasteiger partial charge < -0.3 is 10.6 Å². The Balaban J connectivity index is 0.00000220. The number of carbonyl (C=O) groups excluding carboxylic acids is 1. The van der Waals surface area contributed by atoms with Crippen LogP contribution in [0.2, 0.25) is 0 Å². The first-order valence-corrected chi connectivity index (χ1v) is 6.49. The Morgan fingerprint density at radius 1 is 1.36 bits per heavy atom. The van der Waals surface area contributed by atoms with Crippen molar-refractivity contribution in [2.24, 2.45) is 5.92 Å². The molecule has 0 aliphatic carbocycles. The molecule has 22 heavy (non-hydrogen) atoms. The van der Waals surface area contributed by atoms with Crippen LogP contribution in [0.1, 0.15) is 28.9 Å². The summed E-state index contributed by atoms with van der Waals surface area (Å²) in [5, 5.41) is 5.90. The minimum Gasteiger partial charge on any atom is -0.351 e. The summed E-state index contributed by atoms with van der Waals surface area (Å²) in [5.41, 5.74) is -0.853. The molecular weight excluding hydrogens is 342 g/mol. The van der Waals surface area contributed by atoms with Crippen LogP contribution in [-0.4, -0.2) is 30.5 Å². The molecule has 1 atom stereocenters. The number of rotatable bonds is 4. The molecule has 1 aromatic heterocycles. The smallest absolute Gasteiger partial charge is 0.351 e. The van der Waals surface area contributed by atoms with E-state index in [-0.39, 0.29) is 30.5 Å². The molecule has 126 valence electrons. The molecule has 1 saturated heterocycles. The summed E-state index contributed by atoms with van der Waals surface area (Å²) in [4.78, 5) is 15.3. The SMILES string of the molecule is Cl.Cl.O=C(NCCC1CCNC1)c1ccc(C(F)(F)F)cn1. The van der Waals surface area contributed by atoms with E-state index in [1.54, 1.807) is 0 Å². The third kappa shape index (κ3) is 5.98. The van der Waals surface area contributed by atoms with Crippen LogP contribution < -0.4 is 10.6 Å². The van der Waals surface area contributed by atoms with E-state index in [0.29, 0.717) is 18.7 Å². The standard InChI is InChI=1S/C13H16F3N3O.2ClH/c14-13(15,16)10-1-2-11(19-8-10)12(20)18-6-4-9-3-5-17-7-9;;/h1-2,8-9,17H,3-7H2,(H,18,20);2*1H. The van der Waals surface area contributed by atoms with Gasteiger partial charge in [0, 0.05) is 12.7 Å². The second-order valence-corrected chi connectivity index (χ2v) is 4.83. The van der Waals surface area contributed by atoms with Gasteiger partial charge in [-0.15, -0.1) is 24.8 Å². The molecular formula is C13H18Cl2F3N3O. The van der Waals surface area contributed by atoms with Gasteiger partial charge in [-0.2, -0.15) is 13.2 Å².